The molecule has 0 saturated heterocycles. The first kappa shape index (κ1) is 9.13. The Morgan fingerprint density at radius 3 is 2.83 bits per heavy atom. The van der Waals surface area contributed by atoms with Crippen LogP contribution in [-0.4, -0.2) is 0 Å². The van der Waals surface area contributed by atoms with Crippen molar-refractivity contribution in [1.29, 1.82) is 0 Å². The maximum atomic E-state index is 5.43. The lowest BCUT2D eigenvalue weighted by Gasteiger charge is -2.15. The van der Waals surface area contributed by atoms with Crippen molar-refractivity contribution in [2.75, 3.05) is 0 Å². The van der Waals surface area contributed by atoms with Gasteiger partial charge in [0.05, 0.1) is 0 Å². The normalized spacial score (nSPS) is 17.2. The van der Waals surface area contributed by atoms with Crippen LogP contribution in [0, 0.1) is 12.3 Å². The van der Waals surface area contributed by atoms with E-state index >= 15 is 0 Å². The molecule has 0 bridgehead atoms. The molecule has 0 spiro atoms. The fraction of sp³-hybridized carbons (Fsp3) is 0.500. The number of hydrogen-bond acceptors (Lipinski definition) is 0. The quantitative estimate of drug-likeness (QED) is 0.438. The van der Waals surface area contributed by atoms with Gasteiger partial charge in [0, 0.05) is 5.57 Å². The van der Waals surface area contributed by atoms with Gasteiger partial charge < -0.3 is 0 Å². The van der Waals surface area contributed by atoms with E-state index in [4.69, 9.17) is 6.42 Å². The van der Waals surface area contributed by atoms with Crippen LogP contribution in [0.2, 0.25) is 0 Å². The highest BCUT2D eigenvalue weighted by atomic mass is 14.1. The second-order valence-electron chi connectivity index (χ2n) is 3.26. The summed E-state index contributed by atoms with van der Waals surface area (Å²) in [7, 11) is 0. The van der Waals surface area contributed by atoms with Gasteiger partial charge in [-0.25, -0.2) is 0 Å². The Balaban J connectivity index is 2.61. The van der Waals surface area contributed by atoms with Crippen molar-refractivity contribution in [2.45, 2.75) is 38.5 Å². The second kappa shape index (κ2) is 4.83. The van der Waals surface area contributed by atoms with Gasteiger partial charge in [-0.1, -0.05) is 17.6 Å². The summed E-state index contributed by atoms with van der Waals surface area (Å²) >= 11 is 0. The van der Waals surface area contributed by atoms with E-state index in [2.05, 4.69) is 12.5 Å². The summed E-state index contributed by atoms with van der Waals surface area (Å²) in [5.74, 6) is 2.81. The van der Waals surface area contributed by atoms with Crippen LogP contribution in [-0.2, 0) is 0 Å². The molecule has 1 aliphatic carbocycles. The second-order valence-corrected chi connectivity index (χ2v) is 3.26. The number of terminal acetylenes is 1. The Morgan fingerprint density at radius 1 is 1.42 bits per heavy atom. The summed E-state index contributed by atoms with van der Waals surface area (Å²) in [5, 5.41) is 0. The van der Waals surface area contributed by atoms with Gasteiger partial charge in [0.2, 0.25) is 0 Å². The highest BCUT2D eigenvalue weighted by Crippen LogP contribution is 2.27. The zero-order valence-corrected chi connectivity index (χ0v) is 7.60. The average molecular weight is 160 g/mol. The van der Waals surface area contributed by atoms with Crippen LogP contribution in [0.25, 0.3) is 0 Å². The number of rotatable bonds is 3. The average Bonchev–Trinajstić information content (AvgIpc) is 2.15. The summed E-state index contributed by atoms with van der Waals surface area (Å²) in [6.07, 6.45) is 14.5. The van der Waals surface area contributed by atoms with Crippen LogP contribution < -0.4 is 0 Å². The molecule has 0 fully saturated rings. The van der Waals surface area contributed by atoms with Crippen molar-refractivity contribution in [2.24, 2.45) is 0 Å². The topological polar surface area (TPSA) is 0 Å². The Kier molecular flexibility index (Phi) is 3.67. The summed E-state index contributed by atoms with van der Waals surface area (Å²) in [5.41, 5.74) is 2.77. The standard InChI is InChI=1S/C12H16/c1-3-5-8-12-10-7-6-9-11(12)4-2/h2-3H,1,5-10H2. The number of hydrogen-bond donors (Lipinski definition) is 0. The third kappa shape index (κ3) is 2.27. The minimum Gasteiger partial charge on any atom is -0.115 e. The minimum atomic E-state index is 1.07. The van der Waals surface area contributed by atoms with Crippen LogP contribution in [0.4, 0.5) is 0 Å². The van der Waals surface area contributed by atoms with Gasteiger partial charge in [-0.3, -0.25) is 0 Å². The molecule has 0 aromatic carbocycles. The third-order valence-electron chi connectivity index (χ3n) is 2.41. The smallest absolute Gasteiger partial charge is 0.000972 e. The Hall–Kier alpha value is -0.960. The molecule has 0 aromatic rings. The molecule has 0 heterocycles. The van der Waals surface area contributed by atoms with E-state index in [1.807, 2.05) is 6.08 Å². The lowest BCUT2D eigenvalue weighted by Crippen LogP contribution is -1.98. The molecule has 1 aliphatic rings. The van der Waals surface area contributed by atoms with Gasteiger partial charge in [-0.15, -0.1) is 13.0 Å². The fourth-order valence-corrected chi connectivity index (χ4v) is 1.69. The largest absolute Gasteiger partial charge is 0.115 e. The molecule has 64 valence electrons. The lowest BCUT2D eigenvalue weighted by molar-refractivity contribution is 0.661. The Morgan fingerprint density at radius 2 is 2.17 bits per heavy atom. The van der Waals surface area contributed by atoms with Gasteiger partial charge >= 0.3 is 0 Å². The summed E-state index contributed by atoms with van der Waals surface area (Å²) in [6, 6.07) is 0. The molecule has 1 rings (SSSR count). The molecule has 12 heavy (non-hydrogen) atoms. The van der Waals surface area contributed by atoms with E-state index in [1.165, 1.54) is 30.4 Å². The van der Waals surface area contributed by atoms with Crippen molar-refractivity contribution in [3.05, 3.63) is 23.8 Å². The number of allylic oxidation sites excluding steroid dienone is 3. The van der Waals surface area contributed by atoms with E-state index in [0.717, 1.165) is 19.3 Å². The highest BCUT2D eigenvalue weighted by molar-refractivity contribution is 5.32. The zero-order chi connectivity index (χ0) is 8.81. The fourth-order valence-electron chi connectivity index (χ4n) is 1.69. The predicted molar refractivity (Wildman–Crippen MR) is 53.8 cm³/mol. The first-order chi connectivity index (χ1) is 5.88. The van der Waals surface area contributed by atoms with Gasteiger partial charge in [0.25, 0.3) is 0 Å². The molecule has 0 atom stereocenters. The highest BCUT2D eigenvalue weighted by Gasteiger charge is 2.09. The van der Waals surface area contributed by atoms with Crippen molar-refractivity contribution in [3.63, 3.8) is 0 Å². The van der Waals surface area contributed by atoms with Crippen LogP contribution in [0.15, 0.2) is 23.8 Å². The summed E-state index contributed by atoms with van der Waals surface area (Å²) in [4.78, 5) is 0. The first-order valence-corrected chi connectivity index (χ1v) is 4.67. The van der Waals surface area contributed by atoms with Crippen LogP contribution in [0.1, 0.15) is 38.5 Å². The molecule has 0 amide bonds. The van der Waals surface area contributed by atoms with Gasteiger partial charge in [-0.2, -0.15) is 0 Å². The van der Waals surface area contributed by atoms with Gasteiger partial charge in [-0.05, 0) is 38.5 Å². The third-order valence-corrected chi connectivity index (χ3v) is 2.41. The Bertz CT molecular complexity index is 225. The molecule has 0 N–H and O–H groups in total. The van der Waals surface area contributed by atoms with E-state index in [0.29, 0.717) is 0 Å². The SMILES string of the molecule is C#CC1=C(CCC=C)CCCC1. The lowest BCUT2D eigenvalue weighted by atomic mass is 9.89. The van der Waals surface area contributed by atoms with E-state index in [-0.39, 0.29) is 0 Å². The van der Waals surface area contributed by atoms with Crippen LogP contribution in [0.5, 0.6) is 0 Å². The molecular weight excluding hydrogens is 144 g/mol. The minimum absolute atomic E-state index is 1.07. The molecule has 0 radical (unpaired) electrons. The van der Waals surface area contributed by atoms with Crippen molar-refractivity contribution in [1.82, 2.24) is 0 Å². The summed E-state index contributed by atoms with van der Waals surface area (Å²) in [6.45, 7) is 3.72. The molecule has 0 aromatic heterocycles. The molecule has 0 unspecified atom stereocenters. The van der Waals surface area contributed by atoms with Gasteiger partial charge in [0.1, 0.15) is 0 Å². The summed E-state index contributed by atoms with van der Waals surface area (Å²) < 4.78 is 0. The van der Waals surface area contributed by atoms with Crippen LogP contribution in [0.3, 0.4) is 0 Å². The first-order valence-electron chi connectivity index (χ1n) is 4.67. The predicted octanol–water partition coefficient (Wildman–Crippen LogP) is 3.46. The van der Waals surface area contributed by atoms with E-state index in [1.54, 1.807) is 0 Å². The molecule has 0 nitrogen and oxygen atoms in total. The van der Waals surface area contributed by atoms with Crippen molar-refractivity contribution in [3.8, 4) is 12.3 Å². The maximum absolute atomic E-state index is 5.43. The maximum Gasteiger partial charge on any atom is 0.000972 e. The van der Waals surface area contributed by atoms with Crippen LogP contribution >= 0.6 is 0 Å². The van der Waals surface area contributed by atoms with E-state index < -0.39 is 0 Å². The monoisotopic (exact) mass is 160 g/mol. The Labute approximate surface area is 75.4 Å². The molecular formula is C12H16. The molecule has 0 saturated carbocycles. The molecule has 0 heteroatoms. The zero-order valence-electron chi connectivity index (χ0n) is 7.60. The molecule has 0 aliphatic heterocycles. The van der Waals surface area contributed by atoms with Gasteiger partial charge in [0.15, 0.2) is 0 Å². The van der Waals surface area contributed by atoms with Crippen molar-refractivity contribution < 1.29 is 0 Å². The van der Waals surface area contributed by atoms with E-state index in [9.17, 15) is 0 Å². The van der Waals surface area contributed by atoms with Crippen molar-refractivity contribution >= 4 is 0 Å².